The van der Waals surface area contributed by atoms with E-state index >= 15 is 0 Å². The predicted molar refractivity (Wildman–Crippen MR) is 83.6 cm³/mol. The maximum atomic E-state index is 14.3. The van der Waals surface area contributed by atoms with Crippen molar-refractivity contribution in [1.82, 2.24) is 0 Å². The normalized spacial score (nSPS) is 20.0. The van der Waals surface area contributed by atoms with Gasteiger partial charge >= 0.3 is 5.97 Å². The minimum Gasteiger partial charge on any atom is -0.465 e. The number of carbonyl (C=O) groups excluding carboxylic acids is 2. The number of hydrogen-bond acceptors (Lipinski definition) is 4. The molecule has 2 fully saturated rings. The quantitative estimate of drug-likeness (QED) is 0.750. The van der Waals surface area contributed by atoms with Crippen LogP contribution in [-0.4, -0.2) is 32.0 Å². The molecule has 6 heteroatoms. The molecule has 2 aliphatic rings. The molecule has 1 aromatic rings. The molecule has 3 rings (SSSR count). The number of anilines is 1. The number of methoxy groups -OCH3 is 1. The van der Waals surface area contributed by atoms with Crippen molar-refractivity contribution in [2.75, 3.05) is 25.1 Å². The lowest BCUT2D eigenvalue weighted by atomic mass is 9.62. The number of ketones is 1. The summed E-state index contributed by atoms with van der Waals surface area (Å²) in [7, 11) is 1.27. The zero-order valence-corrected chi connectivity index (χ0v) is 13.9. The Hall–Kier alpha value is -1.43. The number of esters is 1. The summed E-state index contributed by atoms with van der Waals surface area (Å²) in [5.41, 5.74) is 0.828. The lowest BCUT2D eigenvalue weighted by Crippen LogP contribution is -2.47. The van der Waals surface area contributed by atoms with Crippen LogP contribution in [-0.2, 0) is 9.53 Å². The summed E-state index contributed by atoms with van der Waals surface area (Å²) in [5, 5.41) is 0. The fourth-order valence-electron chi connectivity index (χ4n) is 3.41. The standard InChI is InChI=1S/C16H17BrFNO3/c1-22-15(21)11-6-13(18)14(7-12(11)17)19-4-2-16(3-5-19)8-10(20)9-16/h6-7H,2-5,8-9H2,1H3. The van der Waals surface area contributed by atoms with E-state index in [2.05, 4.69) is 20.7 Å². The fourth-order valence-corrected chi connectivity index (χ4v) is 3.90. The molecule has 1 aliphatic carbocycles. The van der Waals surface area contributed by atoms with Crippen molar-refractivity contribution in [3.63, 3.8) is 0 Å². The Balaban J connectivity index is 1.77. The highest BCUT2D eigenvalue weighted by atomic mass is 79.9. The van der Waals surface area contributed by atoms with E-state index in [0.717, 1.165) is 25.9 Å². The summed E-state index contributed by atoms with van der Waals surface area (Å²) in [6, 6.07) is 2.84. The monoisotopic (exact) mass is 369 g/mol. The van der Waals surface area contributed by atoms with Gasteiger partial charge in [0.2, 0.25) is 0 Å². The molecule has 0 unspecified atom stereocenters. The van der Waals surface area contributed by atoms with Crippen molar-refractivity contribution < 1.29 is 18.7 Å². The van der Waals surface area contributed by atoms with E-state index < -0.39 is 11.8 Å². The van der Waals surface area contributed by atoms with Crippen molar-refractivity contribution >= 4 is 33.4 Å². The minimum atomic E-state index is -0.567. The van der Waals surface area contributed by atoms with E-state index in [4.69, 9.17) is 0 Å². The van der Waals surface area contributed by atoms with Gasteiger partial charge in [0.15, 0.2) is 0 Å². The Morgan fingerprint density at radius 1 is 1.32 bits per heavy atom. The first-order valence-corrected chi connectivity index (χ1v) is 8.07. The van der Waals surface area contributed by atoms with Gasteiger partial charge in [-0.25, -0.2) is 9.18 Å². The first-order valence-electron chi connectivity index (χ1n) is 7.28. The maximum Gasteiger partial charge on any atom is 0.339 e. The van der Waals surface area contributed by atoms with Gasteiger partial charge in [-0.3, -0.25) is 4.79 Å². The number of nitrogens with zero attached hydrogens (tertiary/aromatic N) is 1. The van der Waals surface area contributed by atoms with Gasteiger partial charge in [0.05, 0.1) is 18.4 Å². The Kier molecular flexibility index (Phi) is 3.97. The predicted octanol–water partition coefficient (Wildman–Crippen LogP) is 3.32. The smallest absolute Gasteiger partial charge is 0.339 e. The lowest BCUT2D eigenvalue weighted by Gasteiger charge is -2.47. The number of carbonyl (C=O) groups is 2. The average molecular weight is 370 g/mol. The highest BCUT2D eigenvalue weighted by Gasteiger charge is 2.45. The second-order valence-electron chi connectivity index (χ2n) is 6.15. The topological polar surface area (TPSA) is 46.6 Å². The van der Waals surface area contributed by atoms with E-state index in [1.54, 1.807) is 6.07 Å². The number of Topliss-reactive ketones (excluding diaryl/α,β-unsaturated/α-hetero) is 1. The molecule has 0 aromatic heterocycles. The molecule has 1 aliphatic heterocycles. The molecular formula is C16H17BrFNO3. The zero-order chi connectivity index (χ0) is 15.9. The van der Waals surface area contributed by atoms with Crippen LogP contribution in [0.2, 0.25) is 0 Å². The van der Waals surface area contributed by atoms with Gasteiger partial charge in [0, 0.05) is 30.4 Å². The summed E-state index contributed by atoms with van der Waals surface area (Å²) < 4.78 is 19.5. The van der Waals surface area contributed by atoms with Crippen LogP contribution in [0.1, 0.15) is 36.0 Å². The van der Waals surface area contributed by atoms with E-state index in [1.165, 1.54) is 13.2 Å². The Morgan fingerprint density at radius 3 is 2.50 bits per heavy atom. The number of rotatable bonds is 2. The first-order chi connectivity index (χ1) is 10.4. The van der Waals surface area contributed by atoms with Crippen LogP contribution in [0.4, 0.5) is 10.1 Å². The number of hydrogen-bond donors (Lipinski definition) is 0. The molecule has 0 amide bonds. The molecule has 0 bridgehead atoms. The average Bonchev–Trinajstić information content (AvgIpc) is 2.48. The Morgan fingerprint density at radius 2 is 1.95 bits per heavy atom. The van der Waals surface area contributed by atoms with Crippen molar-refractivity contribution in [3.8, 4) is 0 Å². The lowest BCUT2D eigenvalue weighted by molar-refractivity contribution is -0.133. The van der Waals surface area contributed by atoms with E-state index in [1.807, 2.05) is 4.90 Å². The maximum absolute atomic E-state index is 14.3. The van der Waals surface area contributed by atoms with Gasteiger partial charge in [-0.05, 0) is 46.3 Å². The second kappa shape index (κ2) is 5.65. The number of piperidine rings is 1. The van der Waals surface area contributed by atoms with Crippen LogP contribution in [0.5, 0.6) is 0 Å². The van der Waals surface area contributed by atoms with Gasteiger partial charge in [-0.15, -0.1) is 0 Å². The molecule has 4 nitrogen and oxygen atoms in total. The molecule has 1 saturated heterocycles. The van der Waals surface area contributed by atoms with Gasteiger partial charge in [-0.1, -0.05) is 0 Å². The minimum absolute atomic E-state index is 0.160. The molecule has 0 N–H and O–H groups in total. The SMILES string of the molecule is COC(=O)c1cc(F)c(N2CCC3(CC2)CC(=O)C3)cc1Br. The van der Waals surface area contributed by atoms with Gasteiger partial charge in [0.1, 0.15) is 11.6 Å². The third-order valence-corrected chi connectivity index (χ3v) is 5.41. The zero-order valence-electron chi connectivity index (χ0n) is 12.3. The highest BCUT2D eigenvalue weighted by molar-refractivity contribution is 9.10. The number of halogens is 2. The molecule has 1 heterocycles. The van der Waals surface area contributed by atoms with Gasteiger partial charge < -0.3 is 9.64 Å². The largest absolute Gasteiger partial charge is 0.465 e. The van der Waals surface area contributed by atoms with Gasteiger partial charge in [-0.2, -0.15) is 0 Å². The highest BCUT2D eigenvalue weighted by Crippen LogP contribution is 2.47. The van der Waals surface area contributed by atoms with Crippen LogP contribution >= 0.6 is 15.9 Å². The third-order valence-electron chi connectivity index (χ3n) is 4.75. The summed E-state index contributed by atoms with van der Waals surface area (Å²) in [6.07, 6.45) is 3.17. The first kappa shape index (κ1) is 15.5. The molecule has 1 saturated carbocycles. The van der Waals surface area contributed by atoms with E-state index in [-0.39, 0.29) is 11.0 Å². The van der Waals surface area contributed by atoms with E-state index in [0.29, 0.717) is 28.8 Å². The van der Waals surface area contributed by atoms with Gasteiger partial charge in [0.25, 0.3) is 0 Å². The van der Waals surface area contributed by atoms with Crippen LogP contribution in [0, 0.1) is 11.2 Å². The second-order valence-corrected chi connectivity index (χ2v) is 7.01. The summed E-state index contributed by atoms with van der Waals surface area (Å²) >= 11 is 3.31. The van der Waals surface area contributed by atoms with Crippen LogP contribution in [0.15, 0.2) is 16.6 Å². The summed E-state index contributed by atoms with van der Waals surface area (Å²) in [6.45, 7) is 1.46. The molecule has 0 atom stereocenters. The van der Waals surface area contributed by atoms with Crippen molar-refractivity contribution in [3.05, 3.63) is 28.0 Å². The number of ether oxygens (including phenoxy) is 1. The Bertz CT molecular complexity index is 629. The number of benzene rings is 1. The fraction of sp³-hybridized carbons (Fsp3) is 0.500. The summed E-state index contributed by atoms with van der Waals surface area (Å²) in [5.74, 6) is -0.656. The van der Waals surface area contributed by atoms with Crippen LogP contribution < -0.4 is 4.90 Å². The summed E-state index contributed by atoms with van der Waals surface area (Å²) in [4.78, 5) is 24.8. The van der Waals surface area contributed by atoms with Crippen molar-refractivity contribution in [1.29, 1.82) is 0 Å². The molecule has 118 valence electrons. The molecule has 0 radical (unpaired) electrons. The van der Waals surface area contributed by atoms with Crippen LogP contribution in [0.25, 0.3) is 0 Å². The van der Waals surface area contributed by atoms with Crippen molar-refractivity contribution in [2.24, 2.45) is 5.41 Å². The van der Waals surface area contributed by atoms with Crippen LogP contribution in [0.3, 0.4) is 0 Å². The molecule has 1 aromatic carbocycles. The Labute approximate surface area is 136 Å². The molecule has 1 spiro atoms. The van der Waals surface area contributed by atoms with E-state index in [9.17, 15) is 14.0 Å². The molecule has 22 heavy (non-hydrogen) atoms. The molecular weight excluding hydrogens is 353 g/mol. The third kappa shape index (κ3) is 2.64. The van der Waals surface area contributed by atoms with Crippen molar-refractivity contribution in [2.45, 2.75) is 25.7 Å².